The first-order valence-corrected chi connectivity index (χ1v) is 11.6. The number of anilines is 3. The Morgan fingerprint density at radius 2 is 2.17 bits per heavy atom. The molecule has 7 nitrogen and oxygen atoms in total. The third-order valence-corrected chi connectivity index (χ3v) is 7.29. The van der Waals surface area contributed by atoms with E-state index in [1.165, 1.54) is 32.9 Å². The summed E-state index contributed by atoms with van der Waals surface area (Å²) in [4.78, 5) is 27.8. The Bertz CT molecular complexity index is 1000. The highest BCUT2D eigenvalue weighted by molar-refractivity contribution is 8.02. The number of nitrogens with one attached hydrogen (secondary N) is 2. The van der Waals surface area contributed by atoms with E-state index in [0.29, 0.717) is 5.69 Å². The summed E-state index contributed by atoms with van der Waals surface area (Å²) in [6, 6.07) is 11.5. The van der Waals surface area contributed by atoms with Crippen LogP contribution < -0.4 is 15.5 Å². The van der Waals surface area contributed by atoms with Crippen LogP contribution in [-0.2, 0) is 16.0 Å². The van der Waals surface area contributed by atoms with E-state index >= 15 is 0 Å². The number of rotatable bonds is 7. The molecule has 0 saturated carbocycles. The predicted molar refractivity (Wildman–Crippen MR) is 119 cm³/mol. The van der Waals surface area contributed by atoms with Crippen molar-refractivity contribution in [1.82, 2.24) is 10.2 Å². The summed E-state index contributed by atoms with van der Waals surface area (Å²) in [5, 5.41) is 16.8. The standard InChI is InChI=1S/C19H19N5O2S3/c1-12(17(26)24-11-16(25)21-14-6-2-3-7-15(14)24)28-19-23-22-18(29-19)20-9-8-13-5-4-10-27-13/h2-7,10,12H,8-9,11H2,1H3,(H,20,22)(H,21,25)/t12-/m1/s1. The van der Waals surface area contributed by atoms with Crippen molar-refractivity contribution in [2.45, 2.75) is 22.9 Å². The van der Waals surface area contributed by atoms with Crippen molar-refractivity contribution in [3.8, 4) is 0 Å². The summed E-state index contributed by atoms with van der Waals surface area (Å²) in [6.07, 6.45) is 0.936. The Hall–Kier alpha value is -2.43. The SMILES string of the molecule is C[C@@H](Sc1nnc(NCCc2cccs2)s1)C(=O)N1CC(=O)Nc2ccccc21. The van der Waals surface area contributed by atoms with E-state index in [2.05, 4.69) is 32.3 Å². The van der Waals surface area contributed by atoms with Gasteiger partial charge in [0.15, 0.2) is 4.34 Å². The predicted octanol–water partition coefficient (Wildman–Crippen LogP) is 3.72. The Balaban J connectivity index is 1.36. The van der Waals surface area contributed by atoms with Gasteiger partial charge in [0.05, 0.1) is 16.6 Å². The van der Waals surface area contributed by atoms with E-state index in [4.69, 9.17) is 0 Å². The first-order chi connectivity index (χ1) is 14.1. The summed E-state index contributed by atoms with van der Waals surface area (Å²) in [5.41, 5.74) is 1.38. The molecule has 1 aromatic carbocycles. The Kier molecular flexibility index (Phi) is 6.12. The third kappa shape index (κ3) is 4.77. The van der Waals surface area contributed by atoms with Gasteiger partial charge in [-0.25, -0.2) is 0 Å². The van der Waals surface area contributed by atoms with Gasteiger partial charge in [-0.2, -0.15) is 0 Å². The van der Waals surface area contributed by atoms with Crippen LogP contribution in [0.4, 0.5) is 16.5 Å². The molecule has 0 bridgehead atoms. The minimum absolute atomic E-state index is 0.0202. The van der Waals surface area contributed by atoms with E-state index < -0.39 is 0 Å². The Morgan fingerprint density at radius 1 is 1.31 bits per heavy atom. The van der Waals surface area contributed by atoms with Crippen LogP contribution in [0.3, 0.4) is 0 Å². The molecule has 150 valence electrons. The number of nitrogens with zero attached hydrogens (tertiary/aromatic N) is 3. The zero-order chi connectivity index (χ0) is 20.2. The van der Waals surface area contributed by atoms with Gasteiger partial charge in [0.25, 0.3) is 0 Å². The lowest BCUT2D eigenvalue weighted by Gasteiger charge is -2.30. The summed E-state index contributed by atoms with van der Waals surface area (Å²) >= 11 is 4.53. The van der Waals surface area contributed by atoms with Gasteiger partial charge in [0, 0.05) is 11.4 Å². The molecule has 0 aliphatic carbocycles. The number of hydrogen-bond donors (Lipinski definition) is 2. The van der Waals surface area contributed by atoms with E-state index in [9.17, 15) is 9.59 Å². The van der Waals surface area contributed by atoms with Gasteiger partial charge >= 0.3 is 0 Å². The minimum Gasteiger partial charge on any atom is -0.360 e. The van der Waals surface area contributed by atoms with Crippen molar-refractivity contribution in [2.24, 2.45) is 0 Å². The van der Waals surface area contributed by atoms with Crippen LogP contribution in [0.1, 0.15) is 11.8 Å². The van der Waals surface area contributed by atoms with Gasteiger partial charge < -0.3 is 10.6 Å². The van der Waals surface area contributed by atoms with E-state index in [-0.39, 0.29) is 23.6 Å². The van der Waals surface area contributed by atoms with Crippen LogP contribution in [0.15, 0.2) is 46.1 Å². The van der Waals surface area contributed by atoms with Gasteiger partial charge in [-0.05, 0) is 36.9 Å². The zero-order valence-corrected chi connectivity index (χ0v) is 18.1. The van der Waals surface area contributed by atoms with Gasteiger partial charge in [-0.15, -0.1) is 21.5 Å². The summed E-state index contributed by atoms with van der Waals surface area (Å²) in [5.74, 6) is -0.318. The average molecular weight is 446 g/mol. The summed E-state index contributed by atoms with van der Waals surface area (Å²) in [6.45, 7) is 2.63. The number of carbonyl (C=O) groups is 2. The van der Waals surface area contributed by atoms with Gasteiger partial charge in [0.2, 0.25) is 16.9 Å². The molecule has 1 atom stereocenters. The van der Waals surface area contributed by atoms with Crippen molar-refractivity contribution < 1.29 is 9.59 Å². The van der Waals surface area contributed by atoms with Crippen LogP contribution in [0.25, 0.3) is 0 Å². The second kappa shape index (κ2) is 8.93. The Labute approximate surface area is 180 Å². The molecule has 0 saturated heterocycles. The minimum atomic E-state index is -0.388. The van der Waals surface area contributed by atoms with Gasteiger partial charge in [-0.1, -0.05) is 41.3 Å². The normalized spacial score (nSPS) is 14.2. The maximum atomic E-state index is 13.0. The largest absolute Gasteiger partial charge is 0.360 e. The molecular formula is C19H19N5O2S3. The number of amides is 2. The lowest BCUT2D eigenvalue weighted by Crippen LogP contribution is -2.45. The highest BCUT2D eigenvalue weighted by Crippen LogP contribution is 2.33. The van der Waals surface area contributed by atoms with E-state index in [0.717, 1.165) is 28.1 Å². The maximum Gasteiger partial charge on any atom is 0.244 e. The van der Waals surface area contributed by atoms with Gasteiger partial charge in [-0.3, -0.25) is 14.5 Å². The molecule has 0 spiro atoms. The van der Waals surface area contributed by atoms with Crippen LogP contribution in [-0.4, -0.2) is 40.4 Å². The van der Waals surface area contributed by atoms with Crippen molar-refractivity contribution in [1.29, 1.82) is 0 Å². The molecule has 29 heavy (non-hydrogen) atoms. The fourth-order valence-electron chi connectivity index (χ4n) is 2.93. The van der Waals surface area contributed by atoms with Gasteiger partial charge in [0.1, 0.15) is 6.54 Å². The number of carbonyl (C=O) groups excluding carboxylic acids is 2. The molecule has 4 rings (SSSR count). The number of para-hydroxylation sites is 2. The highest BCUT2D eigenvalue weighted by atomic mass is 32.2. The van der Waals surface area contributed by atoms with Crippen LogP contribution in [0.2, 0.25) is 0 Å². The quantitative estimate of drug-likeness (QED) is 0.539. The van der Waals surface area contributed by atoms with E-state index in [1.54, 1.807) is 17.4 Å². The molecule has 10 heteroatoms. The van der Waals surface area contributed by atoms with E-state index in [1.807, 2.05) is 31.2 Å². The smallest absolute Gasteiger partial charge is 0.244 e. The fourth-order valence-corrected chi connectivity index (χ4v) is 5.62. The lowest BCUT2D eigenvalue weighted by atomic mass is 10.2. The average Bonchev–Trinajstić information content (AvgIpc) is 3.39. The number of benzene rings is 1. The molecule has 2 aromatic heterocycles. The van der Waals surface area contributed by atoms with Crippen LogP contribution in [0.5, 0.6) is 0 Å². The van der Waals surface area contributed by atoms with Crippen LogP contribution >= 0.6 is 34.4 Å². The molecule has 2 N–H and O–H groups in total. The molecule has 0 radical (unpaired) electrons. The van der Waals surface area contributed by atoms with Crippen molar-refractivity contribution in [2.75, 3.05) is 28.6 Å². The summed E-state index contributed by atoms with van der Waals surface area (Å²) < 4.78 is 0.721. The monoisotopic (exact) mass is 445 g/mol. The molecule has 0 fully saturated rings. The molecule has 1 aliphatic rings. The number of hydrogen-bond acceptors (Lipinski definition) is 8. The summed E-state index contributed by atoms with van der Waals surface area (Å²) in [7, 11) is 0. The molecular weight excluding hydrogens is 426 g/mol. The number of aromatic nitrogens is 2. The molecule has 2 amide bonds. The van der Waals surface area contributed by atoms with Crippen molar-refractivity contribution in [3.05, 3.63) is 46.7 Å². The molecule has 1 aliphatic heterocycles. The molecule has 3 heterocycles. The first kappa shape index (κ1) is 19.9. The second-order valence-corrected chi connectivity index (χ2v) is 9.98. The van der Waals surface area contributed by atoms with Crippen molar-refractivity contribution in [3.63, 3.8) is 0 Å². The number of thioether (sulfide) groups is 1. The first-order valence-electron chi connectivity index (χ1n) is 9.07. The Morgan fingerprint density at radius 3 is 3.00 bits per heavy atom. The maximum absolute atomic E-state index is 13.0. The number of fused-ring (bicyclic) bond motifs is 1. The zero-order valence-electron chi connectivity index (χ0n) is 15.6. The lowest BCUT2D eigenvalue weighted by molar-refractivity contribution is -0.121. The topological polar surface area (TPSA) is 87.2 Å². The highest BCUT2D eigenvalue weighted by Gasteiger charge is 2.30. The fraction of sp³-hybridized carbons (Fsp3) is 0.263. The second-order valence-electron chi connectivity index (χ2n) is 6.38. The van der Waals surface area contributed by atoms with Crippen molar-refractivity contribution >= 4 is 62.8 Å². The third-order valence-electron chi connectivity index (χ3n) is 4.30. The molecule has 0 unspecified atom stereocenters. The van der Waals surface area contributed by atoms with Crippen LogP contribution in [0, 0.1) is 0 Å². The molecule has 3 aromatic rings. The number of thiophene rings is 1.